The van der Waals surface area contributed by atoms with Crippen LogP contribution in [0.25, 0.3) is 0 Å². The molecule has 0 N–H and O–H groups in total. The van der Waals surface area contributed by atoms with Crippen molar-refractivity contribution in [3.63, 3.8) is 0 Å². The molecular formula is C20H31N3O3. The fourth-order valence-electron chi connectivity index (χ4n) is 4.42. The van der Waals surface area contributed by atoms with E-state index in [1.165, 1.54) is 32.1 Å². The number of rotatable bonds is 7. The van der Waals surface area contributed by atoms with Crippen molar-refractivity contribution in [1.82, 2.24) is 15.0 Å². The summed E-state index contributed by atoms with van der Waals surface area (Å²) < 4.78 is 11.3. The van der Waals surface area contributed by atoms with Crippen LogP contribution in [-0.4, -0.2) is 47.3 Å². The van der Waals surface area contributed by atoms with Gasteiger partial charge in [0.2, 0.25) is 11.8 Å². The third-order valence-corrected chi connectivity index (χ3v) is 6.32. The van der Waals surface area contributed by atoms with Gasteiger partial charge in [-0.05, 0) is 44.4 Å². The molecule has 3 fully saturated rings. The Morgan fingerprint density at radius 2 is 1.96 bits per heavy atom. The van der Waals surface area contributed by atoms with Gasteiger partial charge in [-0.3, -0.25) is 4.79 Å². The van der Waals surface area contributed by atoms with E-state index in [9.17, 15) is 4.79 Å². The van der Waals surface area contributed by atoms with Gasteiger partial charge in [0.05, 0.1) is 12.5 Å². The molecule has 1 aromatic rings. The van der Waals surface area contributed by atoms with E-state index in [1.54, 1.807) is 0 Å². The molecule has 2 saturated carbocycles. The minimum absolute atomic E-state index is 0.188. The summed E-state index contributed by atoms with van der Waals surface area (Å²) in [6, 6.07) is 0. The van der Waals surface area contributed by atoms with E-state index in [4.69, 9.17) is 9.26 Å². The third-order valence-electron chi connectivity index (χ3n) is 6.32. The molecule has 2 aliphatic carbocycles. The number of amides is 1. The van der Waals surface area contributed by atoms with Crippen molar-refractivity contribution in [3.8, 4) is 0 Å². The molecule has 3 aliphatic rings. The summed E-state index contributed by atoms with van der Waals surface area (Å²) in [4.78, 5) is 19.1. The van der Waals surface area contributed by atoms with E-state index in [0.717, 1.165) is 57.1 Å². The summed E-state index contributed by atoms with van der Waals surface area (Å²) in [5.41, 5.74) is 0. The van der Waals surface area contributed by atoms with Gasteiger partial charge in [0.15, 0.2) is 5.82 Å². The molecule has 0 spiro atoms. The van der Waals surface area contributed by atoms with Crippen LogP contribution in [0, 0.1) is 11.8 Å². The van der Waals surface area contributed by atoms with Gasteiger partial charge in [-0.2, -0.15) is 4.98 Å². The minimum Gasteiger partial charge on any atom is -0.381 e. The zero-order valence-electron chi connectivity index (χ0n) is 15.7. The maximum Gasteiger partial charge on any atom is 0.231 e. The molecule has 0 aromatic carbocycles. The van der Waals surface area contributed by atoms with Crippen LogP contribution in [0.1, 0.15) is 75.4 Å². The largest absolute Gasteiger partial charge is 0.381 e. The smallest absolute Gasteiger partial charge is 0.231 e. The van der Waals surface area contributed by atoms with Gasteiger partial charge < -0.3 is 14.2 Å². The SMILES string of the molecule is O=C(C1CCC1)N1CCCC(c2nc(CCOCC3CCCC3)no2)C1. The lowest BCUT2D eigenvalue weighted by Gasteiger charge is -2.36. The zero-order chi connectivity index (χ0) is 17.8. The minimum atomic E-state index is 0.188. The molecule has 26 heavy (non-hydrogen) atoms. The van der Waals surface area contributed by atoms with Crippen LogP contribution < -0.4 is 0 Å². The van der Waals surface area contributed by atoms with E-state index in [-0.39, 0.29) is 11.8 Å². The lowest BCUT2D eigenvalue weighted by molar-refractivity contribution is -0.139. The summed E-state index contributed by atoms with van der Waals surface area (Å²) in [5.74, 6) is 2.96. The zero-order valence-corrected chi connectivity index (χ0v) is 15.7. The van der Waals surface area contributed by atoms with Gasteiger partial charge >= 0.3 is 0 Å². The molecule has 0 bridgehead atoms. The first-order valence-corrected chi connectivity index (χ1v) is 10.5. The van der Waals surface area contributed by atoms with Gasteiger partial charge in [0.25, 0.3) is 0 Å². The molecule has 1 atom stereocenters. The lowest BCUT2D eigenvalue weighted by Crippen LogP contribution is -2.44. The highest BCUT2D eigenvalue weighted by Crippen LogP contribution is 2.32. The first-order valence-electron chi connectivity index (χ1n) is 10.5. The maximum atomic E-state index is 12.5. The molecule has 6 heteroatoms. The molecule has 1 unspecified atom stereocenters. The number of nitrogens with zero attached hydrogens (tertiary/aromatic N) is 3. The normalized spacial score (nSPS) is 24.8. The van der Waals surface area contributed by atoms with Crippen molar-refractivity contribution in [1.29, 1.82) is 0 Å². The van der Waals surface area contributed by atoms with Crippen molar-refractivity contribution in [2.45, 2.75) is 70.1 Å². The molecular weight excluding hydrogens is 330 g/mol. The molecule has 1 amide bonds. The third kappa shape index (κ3) is 4.27. The molecule has 2 heterocycles. The number of piperidine rings is 1. The highest BCUT2D eigenvalue weighted by atomic mass is 16.5. The Morgan fingerprint density at radius 1 is 1.12 bits per heavy atom. The van der Waals surface area contributed by atoms with Crippen LogP contribution in [-0.2, 0) is 16.0 Å². The fraction of sp³-hybridized carbons (Fsp3) is 0.850. The van der Waals surface area contributed by atoms with E-state index in [1.807, 2.05) is 4.90 Å². The Balaban J connectivity index is 1.23. The molecule has 1 aromatic heterocycles. The van der Waals surface area contributed by atoms with Crippen molar-refractivity contribution >= 4 is 5.91 Å². The molecule has 6 nitrogen and oxygen atoms in total. The Labute approximate surface area is 155 Å². The second kappa shape index (κ2) is 8.51. The van der Waals surface area contributed by atoms with Crippen molar-refractivity contribution in [2.24, 2.45) is 11.8 Å². The number of likely N-dealkylation sites (tertiary alicyclic amines) is 1. The van der Waals surface area contributed by atoms with Gasteiger partial charge in [-0.25, -0.2) is 0 Å². The maximum absolute atomic E-state index is 12.5. The molecule has 1 saturated heterocycles. The van der Waals surface area contributed by atoms with Gasteiger partial charge in [-0.15, -0.1) is 0 Å². The van der Waals surface area contributed by atoms with Crippen molar-refractivity contribution in [2.75, 3.05) is 26.3 Å². The van der Waals surface area contributed by atoms with Gasteiger partial charge in [0, 0.05) is 32.0 Å². The number of carbonyl (C=O) groups excluding carboxylic acids is 1. The number of ether oxygens (including phenoxy) is 1. The fourth-order valence-corrected chi connectivity index (χ4v) is 4.42. The summed E-state index contributed by atoms with van der Waals surface area (Å²) in [6.45, 7) is 3.13. The van der Waals surface area contributed by atoms with E-state index >= 15 is 0 Å². The van der Waals surface area contributed by atoms with Crippen LogP contribution >= 0.6 is 0 Å². The van der Waals surface area contributed by atoms with Crippen LogP contribution in [0.4, 0.5) is 0 Å². The molecule has 1 aliphatic heterocycles. The van der Waals surface area contributed by atoms with Crippen LogP contribution in [0.5, 0.6) is 0 Å². The Hall–Kier alpha value is -1.43. The van der Waals surface area contributed by atoms with Crippen molar-refractivity contribution in [3.05, 3.63) is 11.7 Å². The summed E-state index contributed by atoms with van der Waals surface area (Å²) in [5, 5.41) is 4.12. The molecule has 0 radical (unpaired) electrons. The van der Waals surface area contributed by atoms with E-state index in [2.05, 4.69) is 10.1 Å². The van der Waals surface area contributed by atoms with Crippen LogP contribution in [0.3, 0.4) is 0 Å². The standard InChI is InChI=1S/C20H31N3O3/c24-20(16-7-3-8-16)23-11-4-9-17(13-23)19-21-18(22-26-19)10-12-25-14-15-5-1-2-6-15/h15-17H,1-14H2. The Kier molecular flexibility index (Phi) is 5.88. The summed E-state index contributed by atoms with van der Waals surface area (Å²) in [7, 11) is 0. The summed E-state index contributed by atoms with van der Waals surface area (Å²) in [6.07, 6.45) is 11.4. The first kappa shape index (κ1) is 18.0. The lowest BCUT2D eigenvalue weighted by atomic mass is 9.83. The topological polar surface area (TPSA) is 68.5 Å². The predicted molar refractivity (Wildman–Crippen MR) is 96.7 cm³/mol. The van der Waals surface area contributed by atoms with Gasteiger partial charge in [-0.1, -0.05) is 24.4 Å². The Bertz CT molecular complexity index is 593. The monoisotopic (exact) mass is 361 g/mol. The van der Waals surface area contributed by atoms with E-state index < -0.39 is 0 Å². The average molecular weight is 361 g/mol. The summed E-state index contributed by atoms with van der Waals surface area (Å²) >= 11 is 0. The average Bonchev–Trinajstić information content (AvgIpc) is 3.29. The molecule has 4 rings (SSSR count). The van der Waals surface area contributed by atoms with Crippen molar-refractivity contribution < 1.29 is 14.1 Å². The first-order chi connectivity index (χ1) is 12.8. The second-order valence-electron chi connectivity index (χ2n) is 8.28. The van der Waals surface area contributed by atoms with E-state index in [0.29, 0.717) is 24.8 Å². The predicted octanol–water partition coefficient (Wildman–Crippen LogP) is 3.33. The second-order valence-corrected chi connectivity index (χ2v) is 8.28. The quantitative estimate of drug-likeness (QED) is 0.697. The number of hydrogen-bond donors (Lipinski definition) is 0. The number of aromatic nitrogens is 2. The van der Waals surface area contributed by atoms with Crippen LogP contribution in [0.15, 0.2) is 4.52 Å². The number of hydrogen-bond acceptors (Lipinski definition) is 5. The van der Waals surface area contributed by atoms with Crippen LogP contribution in [0.2, 0.25) is 0 Å². The number of carbonyl (C=O) groups is 1. The Morgan fingerprint density at radius 3 is 2.73 bits per heavy atom. The highest BCUT2D eigenvalue weighted by Gasteiger charge is 2.34. The van der Waals surface area contributed by atoms with Gasteiger partial charge in [0.1, 0.15) is 0 Å². The highest BCUT2D eigenvalue weighted by molar-refractivity contribution is 5.79. The molecule has 144 valence electrons.